The Hall–Kier alpha value is -2.29. The summed E-state index contributed by atoms with van der Waals surface area (Å²) in [6, 6.07) is 7.38. The number of carbonyl (C=O) groups excluding carboxylic acids is 2. The van der Waals surface area contributed by atoms with Gasteiger partial charge >= 0.3 is 6.09 Å². The monoisotopic (exact) mass is 353 g/mol. The normalized spacial score (nSPS) is 10.2. The van der Waals surface area contributed by atoms with Crippen LogP contribution in [0.15, 0.2) is 28.7 Å². The number of benzene rings is 1. The number of tetrazole rings is 1. The van der Waals surface area contributed by atoms with Crippen molar-refractivity contribution in [3.63, 3.8) is 0 Å². The molecule has 0 aliphatic rings. The lowest BCUT2D eigenvalue weighted by Crippen LogP contribution is -2.34. The second-order valence-corrected chi connectivity index (χ2v) is 4.75. The van der Waals surface area contributed by atoms with Crippen molar-refractivity contribution in [3.8, 4) is 11.4 Å². The Kier molecular flexibility index (Phi) is 4.99. The summed E-state index contributed by atoms with van der Waals surface area (Å²) in [5, 5.41) is 13.8. The Morgan fingerprint density at radius 2 is 2.14 bits per heavy atom. The molecule has 2 aromatic rings. The van der Waals surface area contributed by atoms with Crippen LogP contribution in [0, 0.1) is 0 Å². The van der Waals surface area contributed by atoms with E-state index in [2.05, 4.69) is 41.4 Å². The van der Waals surface area contributed by atoms with Crippen molar-refractivity contribution in [1.29, 1.82) is 0 Å². The van der Waals surface area contributed by atoms with Crippen molar-refractivity contribution in [3.05, 3.63) is 28.7 Å². The van der Waals surface area contributed by atoms with Gasteiger partial charge in [0.25, 0.3) is 5.91 Å². The minimum atomic E-state index is -0.798. The van der Waals surface area contributed by atoms with Crippen LogP contribution in [-0.2, 0) is 16.1 Å². The Morgan fingerprint density at radius 3 is 2.86 bits per heavy atom. The van der Waals surface area contributed by atoms with E-state index < -0.39 is 12.0 Å². The number of rotatable bonds is 4. The minimum Gasteiger partial charge on any atom is -0.450 e. The SMILES string of the molecule is CCOC(=O)NC(=O)Cn1nnc(-c2ccccc2Br)n1. The van der Waals surface area contributed by atoms with E-state index in [9.17, 15) is 9.59 Å². The molecule has 1 aromatic heterocycles. The number of carbonyl (C=O) groups is 2. The maximum atomic E-state index is 11.6. The quantitative estimate of drug-likeness (QED) is 0.891. The van der Waals surface area contributed by atoms with Gasteiger partial charge in [-0.2, -0.15) is 4.80 Å². The minimum absolute atomic E-state index is 0.187. The van der Waals surface area contributed by atoms with Gasteiger partial charge in [-0.05, 0) is 24.3 Å². The molecule has 2 rings (SSSR count). The Bertz CT molecular complexity index is 658. The number of hydrogen-bond donors (Lipinski definition) is 1. The fourth-order valence-electron chi connectivity index (χ4n) is 1.51. The van der Waals surface area contributed by atoms with Crippen molar-refractivity contribution in [2.45, 2.75) is 13.5 Å². The zero-order valence-electron chi connectivity index (χ0n) is 11.1. The number of imide groups is 1. The third-order valence-electron chi connectivity index (χ3n) is 2.37. The van der Waals surface area contributed by atoms with E-state index in [1.54, 1.807) is 6.92 Å². The molecule has 0 spiro atoms. The number of ether oxygens (including phenoxy) is 1. The third-order valence-corrected chi connectivity index (χ3v) is 3.06. The number of hydrogen-bond acceptors (Lipinski definition) is 6. The molecule has 0 unspecified atom stereocenters. The summed E-state index contributed by atoms with van der Waals surface area (Å²) in [7, 11) is 0. The second kappa shape index (κ2) is 6.93. The summed E-state index contributed by atoms with van der Waals surface area (Å²) in [5.74, 6) is -0.198. The summed E-state index contributed by atoms with van der Waals surface area (Å²) in [6.07, 6.45) is -0.798. The number of nitrogens with zero attached hydrogens (tertiary/aromatic N) is 4. The van der Waals surface area contributed by atoms with Crippen LogP contribution in [0.2, 0.25) is 0 Å². The van der Waals surface area contributed by atoms with Gasteiger partial charge in [-0.3, -0.25) is 10.1 Å². The van der Waals surface area contributed by atoms with Crippen LogP contribution in [0.3, 0.4) is 0 Å². The molecular weight excluding hydrogens is 342 g/mol. The van der Waals surface area contributed by atoms with Crippen molar-refractivity contribution >= 4 is 27.9 Å². The largest absolute Gasteiger partial charge is 0.450 e. The lowest BCUT2D eigenvalue weighted by atomic mass is 10.2. The van der Waals surface area contributed by atoms with Gasteiger partial charge in [-0.15, -0.1) is 10.2 Å². The molecule has 0 radical (unpaired) electrons. The van der Waals surface area contributed by atoms with E-state index in [0.717, 1.165) is 14.8 Å². The summed E-state index contributed by atoms with van der Waals surface area (Å²) in [5.41, 5.74) is 0.759. The molecule has 9 heteroatoms. The van der Waals surface area contributed by atoms with Gasteiger partial charge in [0.2, 0.25) is 5.82 Å². The van der Waals surface area contributed by atoms with Crippen LogP contribution in [0.25, 0.3) is 11.4 Å². The highest BCUT2D eigenvalue weighted by molar-refractivity contribution is 9.10. The number of nitrogens with one attached hydrogen (secondary N) is 1. The molecule has 1 aromatic carbocycles. The van der Waals surface area contributed by atoms with E-state index in [-0.39, 0.29) is 13.2 Å². The van der Waals surface area contributed by atoms with E-state index >= 15 is 0 Å². The third kappa shape index (κ3) is 4.09. The fraction of sp³-hybridized carbons (Fsp3) is 0.250. The van der Waals surface area contributed by atoms with Gasteiger partial charge in [0.1, 0.15) is 6.54 Å². The van der Waals surface area contributed by atoms with Crippen LogP contribution in [-0.4, -0.2) is 38.8 Å². The highest BCUT2D eigenvalue weighted by Crippen LogP contribution is 2.23. The van der Waals surface area contributed by atoms with Crippen LogP contribution < -0.4 is 5.32 Å². The molecule has 110 valence electrons. The first kappa shape index (κ1) is 15.1. The highest BCUT2D eigenvalue weighted by atomic mass is 79.9. The first-order valence-electron chi connectivity index (χ1n) is 6.09. The second-order valence-electron chi connectivity index (χ2n) is 3.89. The van der Waals surface area contributed by atoms with Crippen molar-refractivity contribution < 1.29 is 14.3 Å². The molecular formula is C12H12BrN5O3. The lowest BCUT2D eigenvalue weighted by Gasteiger charge is -2.02. The predicted molar refractivity (Wildman–Crippen MR) is 76.1 cm³/mol. The topological polar surface area (TPSA) is 99.0 Å². The van der Waals surface area contributed by atoms with Crippen LogP contribution in [0.1, 0.15) is 6.92 Å². The van der Waals surface area contributed by atoms with Gasteiger partial charge in [0.05, 0.1) is 6.61 Å². The number of halogens is 1. The zero-order valence-corrected chi connectivity index (χ0v) is 12.7. The number of alkyl carbamates (subject to hydrolysis) is 1. The lowest BCUT2D eigenvalue weighted by molar-refractivity contribution is -0.121. The van der Waals surface area contributed by atoms with Gasteiger partial charge in [-0.1, -0.05) is 28.1 Å². The van der Waals surface area contributed by atoms with Gasteiger partial charge in [0, 0.05) is 10.0 Å². The molecule has 0 aliphatic heterocycles. The average molecular weight is 354 g/mol. The zero-order chi connectivity index (χ0) is 15.2. The van der Waals surface area contributed by atoms with Crippen molar-refractivity contribution in [2.24, 2.45) is 0 Å². The Morgan fingerprint density at radius 1 is 1.38 bits per heavy atom. The Balaban J connectivity index is 2.02. The molecule has 21 heavy (non-hydrogen) atoms. The standard InChI is InChI=1S/C12H12BrN5O3/c1-2-21-12(20)14-10(19)7-18-16-11(15-17-18)8-5-3-4-6-9(8)13/h3-6H,2,7H2,1H3,(H,14,19,20). The smallest absolute Gasteiger partial charge is 0.413 e. The highest BCUT2D eigenvalue weighted by Gasteiger charge is 2.13. The van der Waals surface area contributed by atoms with Crippen molar-refractivity contribution in [2.75, 3.05) is 6.61 Å². The molecule has 1 N–H and O–H groups in total. The van der Waals surface area contributed by atoms with Crippen LogP contribution in [0.5, 0.6) is 0 Å². The van der Waals surface area contributed by atoms with E-state index in [4.69, 9.17) is 0 Å². The van der Waals surface area contributed by atoms with Gasteiger partial charge in [-0.25, -0.2) is 4.79 Å². The molecule has 1 heterocycles. The maximum absolute atomic E-state index is 11.6. The first-order valence-corrected chi connectivity index (χ1v) is 6.88. The van der Waals surface area contributed by atoms with E-state index in [1.165, 1.54) is 0 Å². The fourth-order valence-corrected chi connectivity index (χ4v) is 1.97. The summed E-state index contributed by atoms with van der Waals surface area (Å²) in [4.78, 5) is 23.8. The molecule has 0 bridgehead atoms. The molecule has 0 aliphatic carbocycles. The van der Waals surface area contributed by atoms with E-state index in [0.29, 0.717) is 5.82 Å². The Labute approximate surface area is 128 Å². The predicted octanol–water partition coefficient (Wildman–Crippen LogP) is 1.38. The van der Waals surface area contributed by atoms with Crippen LogP contribution >= 0.6 is 15.9 Å². The maximum Gasteiger partial charge on any atom is 0.413 e. The van der Waals surface area contributed by atoms with Gasteiger partial charge < -0.3 is 4.74 Å². The molecule has 2 amide bonds. The molecule has 0 saturated carbocycles. The average Bonchev–Trinajstić information content (AvgIpc) is 2.87. The first-order chi connectivity index (χ1) is 10.1. The summed E-state index contributed by atoms with van der Waals surface area (Å²) < 4.78 is 5.42. The number of aromatic nitrogens is 4. The number of amides is 2. The molecule has 0 saturated heterocycles. The summed E-state index contributed by atoms with van der Waals surface area (Å²) >= 11 is 3.39. The van der Waals surface area contributed by atoms with Crippen LogP contribution in [0.4, 0.5) is 4.79 Å². The summed E-state index contributed by atoms with van der Waals surface area (Å²) in [6.45, 7) is 1.61. The molecule has 8 nitrogen and oxygen atoms in total. The van der Waals surface area contributed by atoms with Crippen molar-refractivity contribution in [1.82, 2.24) is 25.5 Å². The van der Waals surface area contributed by atoms with Gasteiger partial charge in [0.15, 0.2) is 0 Å². The molecule has 0 atom stereocenters. The van der Waals surface area contributed by atoms with E-state index in [1.807, 2.05) is 24.3 Å². The molecule has 0 fully saturated rings.